The van der Waals surface area contributed by atoms with E-state index in [9.17, 15) is 9.18 Å². The van der Waals surface area contributed by atoms with Crippen LogP contribution in [0.4, 0.5) is 4.39 Å². The van der Waals surface area contributed by atoms with Crippen LogP contribution in [0.15, 0.2) is 48.8 Å². The third-order valence-corrected chi connectivity index (χ3v) is 5.20. The van der Waals surface area contributed by atoms with Gasteiger partial charge in [0.1, 0.15) is 11.5 Å². The molecule has 29 heavy (non-hydrogen) atoms. The van der Waals surface area contributed by atoms with Crippen molar-refractivity contribution in [2.45, 2.75) is 44.9 Å². The summed E-state index contributed by atoms with van der Waals surface area (Å²) in [5.41, 5.74) is 2.44. The molecule has 0 aliphatic rings. The maximum atomic E-state index is 13.5. The Morgan fingerprint density at radius 1 is 1.07 bits per heavy atom. The highest BCUT2D eigenvalue weighted by Gasteiger charge is 2.05. The Kier molecular flexibility index (Phi) is 7.66. The molecule has 0 atom stereocenters. The second-order valence-corrected chi connectivity index (χ2v) is 7.54. The average molecular weight is 407 g/mol. The van der Waals surface area contributed by atoms with Gasteiger partial charge in [-0.25, -0.2) is 9.37 Å². The van der Waals surface area contributed by atoms with Gasteiger partial charge in [-0.2, -0.15) is 0 Å². The van der Waals surface area contributed by atoms with Crippen molar-refractivity contribution in [3.05, 3.63) is 65.7 Å². The van der Waals surface area contributed by atoms with E-state index in [0.717, 1.165) is 54.4 Å². The fourth-order valence-electron chi connectivity index (χ4n) is 3.18. The third-order valence-electron chi connectivity index (χ3n) is 4.79. The number of halogens is 1. The first-order valence-corrected chi connectivity index (χ1v) is 10.3. The van der Waals surface area contributed by atoms with Gasteiger partial charge in [-0.1, -0.05) is 36.7 Å². The zero-order valence-electron chi connectivity index (χ0n) is 16.2. The molecule has 3 aromatic rings. The van der Waals surface area contributed by atoms with Crippen LogP contribution in [0.3, 0.4) is 0 Å². The molecule has 2 aromatic heterocycles. The maximum Gasteiger partial charge on any atom is 0.205 e. The highest BCUT2D eigenvalue weighted by molar-refractivity contribution is 7.80. The van der Waals surface area contributed by atoms with Crippen LogP contribution >= 0.6 is 12.2 Å². The van der Waals surface area contributed by atoms with Crippen LogP contribution in [0, 0.1) is 17.7 Å². The number of benzene rings is 1. The molecule has 0 aliphatic heterocycles. The quantitative estimate of drug-likeness (QED) is 0.287. The van der Waals surface area contributed by atoms with Gasteiger partial charge in [0.25, 0.3) is 0 Å². The van der Waals surface area contributed by atoms with E-state index in [1.165, 1.54) is 11.6 Å². The van der Waals surface area contributed by atoms with Gasteiger partial charge >= 0.3 is 0 Å². The van der Waals surface area contributed by atoms with Gasteiger partial charge in [-0.05, 0) is 72.7 Å². The molecule has 1 aromatic carbocycles. The van der Waals surface area contributed by atoms with Crippen molar-refractivity contribution in [2.24, 2.45) is 0 Å². The zero-order chi connectivity index (χ0) is 20.5. The van der Waals surface area contributed by atoms with Crippen molar-refractivity contribution in [3.63, 3.8) is 0 Å². The van der Waals surface area contributed by atoms with Gasteiger partial charge < -0.3 is 4.98 Å². The number of thiocarbonyl (C=S) groups is 1. The number of hydrogen-bond donors (Lipinski definition) is 1. The summed E-state index contributed by atoms with van der Waals surface area (Å²) in [5.74, 6) is 4.59. The molecule has 0 unspecified atom stereocenters. The van der Waals surface area contributed by atoms with Crippen molar-refractivity contribution >= 4 is 33.9 Å². The summed E-state index contributed by atoms with van der Waals surface area (Å²) in [6, 6.07) is 10.3. The van der Waals surface area contributed by atoms with Crippen LogP contribution in [0.1, 0.15) is 49.7 Å². The van der Waals surface area contributed by atoms with E-state index in [1.807, 2.05) is 24.5 Å². The van der Waals surface area contributed by atoms with Crippen LogP contribution in [-0.4, -0.2) is 20.6 Å². The van der Waals surface area contributed by atoms with E-state index in [2.05, 4.69) is 21.8 Å². The lowest BCUT2D eigenvalue weighted by molar-refractivity contribution is -0.113. The van der Waals surface area contributed by atoms with E-state index in [1.54, 1.807) is 18.2 Å². The summed E-state index contributed by atoms with van der Waals surface area (Å²) in [6.07, 6.45) is 9.51. The molecule has 0 fully saturated rings. The highest BCUT2D eigenvalue weighted by Crippen LogP contribution is 2.18. The van der Waals surface area contributed by atoms with E-state index >= 15 is 0 Å². The molecule has 1 N–H and O–H groups in total. The van der Waals surface area contributed by atoms with Crippen molar-refractivity contribution in [3.8, 4) is 11.8 Å². The topological polar surface area (TPSA) is 45.8 Å². The molecule has 0 amide bonds. The van der Waals surface area contributed by atoms with E-state index < -0.39 is 5.82 Å². The molecule has 0 saturated heterocycles. The number of H-pyrrole nitrogens is 1. The Hall–Kier alpha value is -2.84. The van der Waals surface area contributed by atoms with Gasteiger partial charge in [0.2, 0.25) is 5.78 Å². The smallest absolute Gasteiger partial charge is 0.205 e. The van der Waals surface area contributed by atoms with Crippen molar-refractivity contribution in [1.82, 2.24) is 9.97 Å². The number of pyridine rings is 1. The number of aromatic amines is 1. The number of Topliss-reactive ketones (excluding diaryl/α,β-unsaturated/α-hetero) is 1. The number of ketones is 1. The van der Waals surface area contributed by atoms with Gasteiger partial charge in [-0.15, -0.1) is 0 Å². The molecule has 0 aliphatic carbocycles. The van der Waals surface area contributed by atoms with Crippen LogP contribution < -0.4 is 0 Å². The number of fused-ring (bicyclic) bond motifs is 1. The molecule has 2 heterocycles. The Bertz CT molecular complexity index is 1060. The summed E-state index contributed by atoms with van der Waals surface area (Å²) in [7, 11) is 0. The highest BCUT2D eigenvalue weighted by atomic mass is 32.1. The number of nitrogens with one attached hydrogen (secondary N) is 1. The van der Waals surface area contributed by atoms with E-state index in [0.29, 0.717) is 6.42 Å². The fraction of sp³-hybridized carbons (Fsp3) is 0.292. The standard InChI is InChI=1S/C24H23FN2OS/c25-23-9-5-4-6-19(23)10-12-20(28)7-2-1-3-8-21(29)13-11-18-14-16-26-24-22(18)15-17-27-24/h4-6,9,14-17H,1-3,7-8,11,13H2,(H,26,27). The number of carbonyl (C=O) groups is 1. The largest absolute Gasteiger partial charge is 0.346 e. The number of aromatic nitrogens is 2. The molecule has 0 bridgehead atoms. The Morgan fingerprint density at radius 2 is 1.90 bits per heavy atom. The average Bonchev–Trinajstić information content (AvgIpc) is 3.21. The SMILES string of the molecule is O=C(C#Cc1ccccc1F)CCCCCC(=S)CCc1ccnc2[nH]ccc12. The molecule has 0 radical (unpaired) electrons. The monoisotopic (exact) mass is 406 g/mol. The lowest BCUT2D eigenvalue weighted by atomic mass is 10.0. The minimum atomic E-state index is -0.398. The maximum absolute atomic E-state index is 13.5. The number of unbranched alkanes of at least 4 members (excludes halogenated alkanes) is 2. The number of nitrogens with zero attached hydrogens (tertiary/aromatic N) is 1. The lowest BCUT2D eigenvalue weighted by Crippen LogP contribution is -1.99. The van der Waals surface area contributed by atoms with Crippen LogP contribution in [0.5, 0.6) is 0 Å². The van der Waals surface area contributed by atoms with Crippen molar-refractivity contribution < 1.29 is 9.18 Å². The third kappa shape index (κ3) is 6.33. The van der Waals surface area contributed by atoms with Gasteiger partial charge in [0.05, 0.1) is 5.56 Å². The molecule has 0 saturated carbocycles. The van der Waals surface area contributed by atoms with Crippen LogP contribution in [-0.2, 0) is 11.2 Å². The van der Waals surface area contributed by atoms with Crippen molar-refractivity contribution in [2.75, 3.05) is 0 Å². The van der Waals surface area contributed by atoms with Gasteiger partial charge in [0, 0.05) is 24.2 Å². The molecule has 3 rings (SSSR count). The summed E-state index contributed by atoms with van der Waals surface area (Å²) >= 11 is 5.52. The molecular formula is C24H23FN2OS. The Balaban J connectivity index is 1.32. The summed E-state index contributed by atoms with van der Waals surface area (Å²) in [6.45, 7) is 0. The molecule has 5 heteroatoms. The molecular weight excluding hydrogens is 383 g/mol. The van der Waals surface area contributed by atoms with Crippen molar-refractivity contribution in [1.29, 1.82) is 0 Å². The number of aryl methyl sites for hydroxylation is 1. The minimum Gasteiger partial charge on any atom is -0.346 e. The number of rotatable bonds is 9. The fourth-order valence-corrected chi connectivity index (χ4v) is 3.43. The lowest BCUT2D eigenvalue weighted by Gasteiger charge is -2.05. The second-order valence-electron chi connectivity index (χ2n) is 6.96. The number of carbonyl (C=O) groups excluding carboxylic acids is 1. The predicted octanol–water partition coefficient (Wildman–Crippen LogP) is 5.58. The summed E-state index contributed by atoms with van der Waals surface area (Å²) in [4.78, 5) is 20.3. The first-order chi connectivity index (χ1) is 14.1. The first-order valence-electron chi connectivity index (χ1n) is 9.85. The Labute approximate surface area is 175 Å². The first kappa shape index (κ1) is 20.9. The molecule has 0 spiro atoms. The predicted molar refractivity (Wildman–Crippen MR) is 118 cm³/mol. The molecule has 3 nitrogen and oxygen atoms in total. The second kappa shape index (κ2) is 10.6. The molecule has 148 valence electrons. The summed E-state index contributed by atoms with van der Waals surface area (Å²) < 4.78 is 13.5. The minimum absolute atomic E-state index is 0.149. The van der Waals surface area contributed by atoms with E-state index in [4.69, 9.17) is 12.2 Å². The van der Waals surface area contributed by atoms with E-state index in [-0.39, 0.29) is 11.3 Å². The summed E-state index contributed by atoms with van der Waals surface area (Å²) in [5, 5.41) is 1.16. The number of hydrogen-bond acceptors (Lipinski definition) is 3. The normalized spacial score (nSPS) is 10.5. The zero-order valence-corrected chi connectivity index (χ0v) is 17.0. The van der Waals surface area contributed by atoms with Gasteiger partial charge in [0.15, 0.2) is 0 Å². The van der Waals surface area contributed by atoms with Gasteiger partial charge in [-0.3, -0.25) is 4.79 Å². The Morgan fingerprint density at radius 3 is 2.76 bits per heavy atom. The van der Waals surface area contributed by atoms with Crippen LogP contribution in [0.2, 0.25) is 0 Å². The van der Waals surface area contributed by atoms with Crippen LogP contribution in [0.25, 0.3) is 11.0 Å².